The molecule has 1 fully saturated rings. The molecule has 0 spiro atoms. The zero-order valence-corrected chi connectivity index (χ0v) is 10.2. The zero-order chi connectivity index (χ0) is 12.3. The molecule has 2 unspecified atom stereocenters. The van der Waals surface area contributed by atoms with Crippen LogP contribution in [0.2, 0.25) is 0 Å². The van der Waals surface area contributed by atoms with Gasteiger partial charge in [-0.3, -0.25) is 0 Å². The summed E-state index contributed by atoms with van der Waals surface area (Å²) in [6.07, 6.45) is 4.06. The molecule has 2 heterocycles. The molecule has 0 aromatic carbocycles. The summed E-state index contributed by atoms with van der Waals surface area (Å²) in [5, 5.41) is 3.26. The highest BCUT2D eigenvalue weighted by Gasteiger charge is 2.35. The van der Waals surface area contributed by atoms with Crippen molar-refractivity contribution in [1.82, 2.24) is 10.3 Å². The molecule has 4 heteroatoms. The summed E-state index contributed by atoms with van der Waals surface area (Å²) in [7, 11) is 0. The molecule has 0 aliphatic carbocycles. The topological polar surface area (TPSA) is 50.9 Å². The van der Waals surface area contributed by atoms with Crippen molar-refractivity contribution in [3.63, 3.8) is 0 Å². The minimum Gasteiger partial charge on any atom is -0.384 e. The van der Waals surface area contributed by atoms with Crippen molar-refractivity contribution in [2.75, 3.05) is 18.8 Å². The second-order valence-corrected chi connectivity index (χ2v) is 5.09. The fourth-order valence-electron chi connectivity index (χ4n) is 2.51. The first-order valence-electron chi connectivity index (χ1n) is 6.18. The molecule has 0 bridgehead atoms. The summed E-state index contributed by atoms with van der Waals surface area (Å²) in [4.78, 5) is 3.93. The van der Waals surface area contributed by atoms with Gasteiger partial charge in [0.05, 0.1) is 0 Å². The van der Waals surface area contributed by atoms with Crippen molar-refractivity contribution in [1.29, 1.82) is 0 Å². The van der Waals surface area contributed by atoms with Gasteiger partial charge in [0.15, 0.2) is 0 Å². The molecule has 2 rings (SSSR count). The number of nitrogen functional groups attached to an aromatic ring is 1. The van der Waals surface area contributed by atoms with Gasteiger partial charge < -0.3 is 11.1 Å². The van der Waals surface area contributed by atoms with Gasteiger partial charge in [0.25, 0.3) is 0 Å². The van der Waals surface area contributed by atoms with E-state index in [-0.39, 0.29) is 5.92 Å². The number of nitrogens with zero attached hydrogens (tertiary/aromatic N) is 1. The number of piperidine rings is 1. The molecular weight excluding hydrogens is 217 g/mol. The summed E-state index contributed by atoms with van der Waals surface area (Å²) >= 11 is 0. The van der Waals surface area contributed by atoms with Gasteiger partial charge in [-0.2, -0.15) is 0 Å². The van der Waals surface area contributed by atoms with Crippen LogP contribution in [-0.2, 0) is 6.42 Å². The average Bonchev–Trinajstić information content (AvgIpc) is 2.29. The number of nitrogens with two attached hydrogens (primary N) is 1. The molecule has 17 heavy (non-hydrogen) atoms. The van der Waals surface area contributed by atoms with Crippen LogP contribution < -0.4 is 11.1 Å². The zero-order valence-electron chi connectivity index (χ0n) is 10.2. The maximum Gasteiger partial charge on any atom is 0.123 e. The molecule has 1 aromatic rings. The smallest absolute Gasteiger partial charge is 0.123 e. The van der Waals surface area contributed by atoms with Crippen molar-refractivity contribution >= 4 is 5.82 Å². The third-order valence-electron chi connectivity index (χ3n) is 3.54. The number of pyridine rings is 1. The number of halogens is 1. The van der Waals surface area contributed by atoms with Gasteiger partial charge in [0, 0.05) is 25.1 Å². The summed E-state index contributed by atoms with van der Waals surface area (Å²) in [5.41, 5.74) is 5.35. The number of nitrogens with one attached hydrogen (secondary N) is 1. The molecule has 0 saturated carbocycles. The second-order valence-electron chi connectivity index (χ2n) is 5.09. The van der Waals surface area contributed by atoms with E-state index in [0.717, 1.165) is 31.5 Å². The van der Waals surface area contributed by atoms with Gasteiger partial charge in [0.2, 0.25) is 0 Å². The molecule has 1 aromatic heterocycles. The van der Waals surface area contributed by atoms with E-state index in [9.17, 15) is 4.39 Å². The Kier molecular flexibility index (Phi) is 3.62. The predicted octanol–water partition coefficient (Wildman–Crippen LogP) is 1.93. The summed E-state index contributed by atoms with van der Waals surface area (Å²) in [6.45, 7) is 3.48. The Balaban J connectivity index is 2.05. The lowest BCUT2D eigenvalue weighted by Gasteiger charge is -2.34. The van der Waals surface area contributed by atoms with Crippen LogP contribution in [0, 0.1) is 5.92 Å². The quantitative estimate of drug-likeness (QED) is 0.844. The van der Waals surface area contributed by atoms with E-state index in [0.29, 0.717) is 12.2 Å². The van der Waals surface area contributed by atoms with Crippen molar-refractivity contribution in [3.8, 4) is 0 Å². The summed E-state index contributed by atoms with van der Waals surface area (Å²) in [5.74, 6) is 0.547. The third-order valence-corrected chi connectivity index (χ3v) is 3.54. The van der Waals surface area contributed by atoms with Gasteiger partial charge in [0.1, 0.15) is 11.5 Å². The van der Waals surface area contributed by atoms with E-state index < -0.39 is 5.67 Å². The average molecular weight is 237 g/mol. The first-order chi connectivity index (χ1) is 8.08. The maximum absolute atomic E-state index is 14.7. The lowest BCUT2D eigenvalue weighted by Crippen LogP contribution is -2.42. The highest BCUT2D eigenvalue weighted by molar-refractivity contribution is 5.32. The van der Waals surface area contributed by atoms with Crippen molar-refractivity contribution in [3.05, 3.63) is 23.9 Å². The van der Waals surface area contributed by atoms with Crippen molar-refractivity contribution in [2.24, 2.45) is 5.92 Å². The second kappa shape index (κ2) is 5.00. The highest BCUT2D eigenvalue weighted by Crippen LogP contribution is 2.31. The van der Waals surface area contributed by atoms with Crippen LogP contribution in [0.3, 0.4) is 0 Å². The highest BCUT2D eigenvalue weighted by atomic mass is 19.1. The molecule has 94 valence electrons. The Labute approximate surface area is 102 Å². The fourth-order valence-corrected chi connectivity index (χ4v) is 2.51. The van der Waals surface area contributed by atoms with Gasteiger partial charge in [-0.15, -0.1) is 0 Å². The first kappa shape index (κ1) is 12.3. The van der Waals surface area contributed by atoms with Crippen LogP contribution in [0.15, 0.2) is 18.3 Å². The monoisotopic (exact) mass is 237 g/mol. The maximum atomic E-state index is 14.7. The van der Waals surface area contributed by atoms with Crippen LogP contribution in [0.4, 0.5) is 10.2 Å². The fraction of sp³-hybridized carbons (Fsp3) is 0.615. The number of rotatable bonds is 3. The molecule has 1 aliphatic heterocycles. The van der Waals surface area contributed by atoms with Crippen LogP contribution in [0.25, 0.3) is 0 Å². The molecule has 3 nitrogen and oxygen atoms in total. The van der Waals surface area contributed by atoms with E-state index in [1.165, 1.54) is 0 Å². The van der Waals surface area contributed by atoms with Gasteiger partial charge in [-0.25, -0.2) is 9.37 Å². The van der Waals surface area contributed by atoms with Crippen LogP contribution in [0.5, 0.6) is 0 Å². The Morgan fingerprint density at radius 2 is 2.47 bits per heavy atom. The first-order valence-corrected chi connectivity index (χ1v) is 6.18. The lowest BCUT2D eigenvalue weighted by molar-refractivity contribution is 0.0833. The normalized spacial score (nSPS) is 24.2. The summed E-state index contributed by atoms with van der Waals surface area (Å²) < 4.78 is 14.7. The van der Waals surface area contributed by atoms with E-state index in [4.69, 9.17) is 5.73 Å². The van der Waals surface area contributed by atoms with Crippen molar-refractivity contribution in [2.45, 2.75) is 31.9 Å². The molecule has 2 atom stereocenters. The minimum atomic E-state index is -1.18. The Bertz CT molecular complexity index is 373. The van der Waals surface area contributed by atoms with E-state index >= 15 is 0 Å². The molecule has 0 amide bonds. The molecule has 3 N–H and O–H groups in total. The largest absolute Gasteiger partial charge is 0.384 e. The minimum absolute atomic E-state index is 0.0886. The number of hydrogen-bond acceptors (Lipinski definition) is 3. The Hall–Kier alpha value is -1.16. The number of alkyl halides is 1. The lowest BCUT2D eigenvalue weighted by atomic mass is 9.81. The van der Waals surface area contributed by atoms with E-state index in [1.54, 1.807) is 19.2 Å². The van der Waals surface area contributed by atoms with E-state index in [2.05, 4.69) is 10.3 Å². The van der Waals surface area contributed by atoms with Crippen LogP contribution in [0.1, 0.15) is 25.3 Å². The predicted molar refractivity (Wildman–Crippen MR) is 67.5 cm³/mol. The molecular formula is C13H20FN3. The number of aromatic nitrogens is 1. The number of anilines is 1. The Morgan fingerprint density at radius 1 is 1.65 bits per heavy atom. The standard InChI is InChI=1S/C13H20FN3/c1-13(14,11-3-2-5-16-9-11)8-10-4-6-17-12(15)7-10/h4,6-7,11,16H,2-3,5,8-9H2,1H3,(H2,15,17). The third kappa shape index (κ3) is 3.16. The molecule has 1 aliphatic rings. The summed E-state index contributed by atoms with van der Waals surface area (Å²) in [6, 6.07) is 3.60. The van der Waals surface area contributed by atoms with E-state index in [1.807, 2.05) is 6.07 Å². The SMILES string of the molecule is CC(F)(Cc1ccnc(N)c1)C1CCCNC1. The molecule has 1 saturated heterocycles. The van der Waals surface area contributed by atoms with Crippen LogP contribution >= 0.6 is 0 Å². The molecule has 0 radical (unpaired) electrons. The van der Waals surface area contributed by atoms with Crippen molar-refractivity contribution < 1.29 is 4.39 Å². The van der Waals surface area contributed by atoms with Gasteiger partial charge in [-0.1, -0.05) is 0 Å². The Morgan fingerprint density at radius 3 is 3.12 bits per heavy atom. The van der Waals surface area contributed by atoms with Crippen LogP contribution in [-0.4, -0.2) is 23.7 Å². The van der Waals surface area contributed by atoms with Gasteiger partial charge >= 0.3 is 0 Å². The number of hydrogen-bond donors (Lipinski definition) is 2. The van der Waals surface area contributed by atoms with Gasteiger partial charge in [-0.05, 0) is 44.0 Å².